The molecule has 1 amide bonds. The number of aliphatic carboxylic acids is 1. The Bertz CT molecular complexity index is 2150. The molecule has 57 heavy (non-hydrogen) atoms. The van der Waals surface area contributed by atoms with Crippen LogP contribution in [0.1, 0.15) is 92.2 Å². The Kier molecular flexibility index (Phi) is 14.4. The number of halogens is 2. The highest BCUT2D eigenvalue weighted by atomic mass is 19.1. The lowest BCUT2D eigenvalue weighted by atomic mass is 9.91. The van der Waals surface area contributed by atoms with Crippen LogP contribution in [-0.4, -0.2) is 75.2 Å². The summed E-state index contributed by atoms with van der Waals surface area (Å²) in [7, 11) is 0. The molecule has 13 nitrogen and oxygen atoms in total. The lowest BCUT2D eigenvalue weighted by Crippen LogP contribution is -2.51. The van der Waals surface area contributed by atoms with Crippen molar-refractivity contribution < 1.29 is 23.5 Å². The van der Waals surface area contributed by atoms with E-state index in [4.69, 9.17) is 16.1 Å². The van der Waals surface area contributed by atoms with Crippen molar-refractivity contribution in [2.45, 2.75) is 93.2 Å². The SMILES string of the molecule is CC(C)(C)CC(=O)O.C[C@H]1C[C@@H](N)CN(c2c(F)cc(C#N)c3nccnc23)C1.C[C@H]1C[C@@H](NC(=O)CC(C)(C)C)CN(c2c(F)cc(C#N)c3nccnc23)C1. The summed E-state index contributed by atoms with van der Waals surface area (Å²) < 4.78 is 29.4. The average molecular weight is 785 g/mol. The molecule has 0 saturated carbocycles. The molecule has 4 aromatic rings. The Labute approximate surface area is 333 Å². The van der Waals surface area contributed by atoms with Crippen LogP contribution in [0.2, 0.25) is 0 Å². The van der Waals surface area contributed by atoms with Crippen LogP contribution in [0.5, 0.6) is 0 Å². The van der Waals surface area contributed by atoms with Crippen molar-refractivity contribution in [1.29, 1.82) is 10.5 Å². The van der Waals surface area contributed by atoms with Crippen molar-refractivity contribution in [2.24, 2.45) is 28.4 Å². The van der Waals surface area contributed by atoms with Crippen molar-refractivity contribution in [1.82, 2.24) is 25.3 Å². The first-order valence-electron chi connectivity index (χ1n) is 19.1. The Morgan fingerprint density at radius 1 is 0.754 bits per heavy atom. The molecule has 15 heteroatoms. The van der Waals surface area contributed by atoms with Crippen molar-refractivity contribution in [3.63, 3.8) is 0 Å². The van der Waals surface area contributed by atoms with E-state index in [0.717, 1.165) is 19.4 Å². The number of piperidine rings is 2. The third-order valence-corrected chi connectivity index (χ3v) is 9.31. The van der Waals surface area contributed by atoms with E-state index in [1.165, 1.54) is 36.9 Å². The second-order valence-electron chi connectivity index (χ2n) is 17.6. The highest BCUT2D eigenvalue weighted by molar-refractivity contribution is 5.93. The smallest absolute Gasteiger partial charge is 0.303 e. The van der Waals surface area contributed by atoms with Gasteiger partial charge in [0.05, 0.1) is 17.5 Å². The number of fused-ring (bicyclic) bond motifs is 2. The molecule has 4 N–H and O–H groups in total. The van der Waals surface area contributed by atoms with Gasteiger partial charge in [-0.2, -0.15) is 10.5 Å². The van der Waals surface area contributed by atoms with E-state index in [-0.39, 0.29) is 52.3 Å². The molecule has 2 fully saturated rings. The second kappa shape index (κ2) is 18.6. The van der Waals surface area contributed by atoms with E-state index in [1.54, 1.807) is 0 Å². The van der Waals surface area contributed by atoms with Gasteiger partial charge in [-0.25, -0.2) is 8.78 Å². The number of carboxylic acid groups (broad SMARTS) is 1. The molecule has 2 aromatic carbocycles. The molecular formula is C42H54F2N10O3. The van der Waals surface area contributed by atoms with Gasteiger partial charge in [-0.3, -0.25) is 29.5 Å². The normalized spacial score (nSPS) is 19.7. The first-order valence-corrected chi connectivity index (χ1v) is 19.1. The van der Waals surface area contributed by atoms with Gasteiger partial charge in [0.1, 0.15) is 57.2 Å². The fourth-order valence-corrected chi connectivity index (χ4v) is 7.38. The van der Waals surface area contributed by atoms with Gasteiger partial charge in [-0.15, -0.1) is 0 Å². The minimum atomic E-state index is -0.725. The van der Waals surface area contributed by atoms with Crippen molar-refractivity contribution >= 4 is 45.3 Å². The molecular weight excluding hydrogens is 731 g/mol. The number of nitriles is 2. The second-order valence-corrected chi connectivity index (χ2v) is 17.6. The molecule has 4 heterocycles. The van der Waals surface area contributed by atoms with Crippen LogP contribution in [0.25, 0.3) is 22.1 Å². The highest BCUT2D eigenvalue weighted by Gasteiger charge is 2.31. The number of nitrogens with one attached hydrogen (secondary N) is 1. The van der Waals surface area contributed by atoms with Crippen LogP contribution in [0.4, 0.5) is 20.2 Å². The van der Waals surface area contributed by atoms with Gasteiger partial charge >= 0.3 is 5.97 Å². The molecule has 4 atom stereocenters. The highest BCUT2D eigenvalue weighted by Crippen LogP contribution is 2.34. The van der Waals surface area contributed by atoms with Gasteiger partial charge in [0.25, 0.3) is 0 Å². The summed E-state index contributed by atoms with van der Waals surface area (Å²) in [6, 6.07) is 6.36. The number of aromatic nitrogens is 4. The summed E-state index contributed by atoms with van der Waals surface area (Å²) >= 11 is 0. The third kappa shape index (κ3) is 12.2. The van der Waals surface area contributed by atoms with Crippen LogP contribution in [0.3, 0.4) is 0 Å². The topological polar surface area (TPSA) is 198 Å². The monoisotopic (exact) mass is 784 g/mol. The summed E-state index contributed by atoms with van der Waals surface area (Å²) in [6.07, 6.45) is 8.48. The quantitative estimate of drug-likeness (QED) is 0.193. The number of benzene rings is 2. The maximum absolute atomic E-state index is 14.9. The lowest BCUT2D eigenvalue weighted by Gasteiger charge is -2.38. The van der Waals surface area contributed by atoms with Gasteiger partial charge in [0, 0.05) is 69.5 Å². The van der Waals surface area contributed by atoms with Crippen LogP contribution in [0.15, 0.2) is 36.9 Å². The van der Waals surface area contributed by atoms with Crippen LogP contribution in [0, 0.1) is 57.0 Å². The van der Waals surface area contributed by atoms with Crippen LogP contribution < -0.4 is 20.9 Å². The van der Waals surface area contributed by atoms with E-state index >= 15 is 0 Å². The standard InChI is InChI=1S/C21H26FN5O.C15H16FN5.C6H12O2/c1-13-7-15(26-17(28)9-21(2,3)4)12-27(11-13)20-16(22)8-14(10-23)18-19(20)25-6-5-24-18;1-9-4-11(18)8-21(7-9)15-12(16)5-10(6-17)13-14(15)20-3-2-19-13;1-6(2,3)4-5(7)8/h5-6,8,13,15H,7,9,11-12H2,1-4H3,(H,26,28);2-3,5,9,11H,4,7-8,18H2,1H3;4H2,1-3H3,(H,7,8)/t13-,15+;9-,11+;/m00./s1. The summed E-state index contributed by atoms with van der Waals surface area (Å²) in [5.41, 5.74) is 8.65. The van der Waals surface area contributed by atoms with Crippen LogP contribution >= 0.6 is 0 Å². The molecule has 0 unspecified atom stereocenters. The molecule has 2 aliphatic rings. The Hall–Kier alpha value is -5.54. The number of nitrogens with two attached hydrogens (primary N) is 1. The Morgan fingerprint density at radius 2 is 1.18 bits per heavy atom. The Balaban J connectivity index is 0.000000218. The number of nitrogens with zero attached hydrogens (tertiary/aromatic N) is 8. The zero-order chi connectivity index (χ0) is 42.2. The number of amides is 1. The van der Waals surface area contributed by atoms with Gasteiger partial charge in [-0.1, -0.05) is 55.4 Å². The average Bonchev–Trinajstić information content (AvgIpc) is 3.08. The van der Waals surface area contributed by atoms with E-state index in [9.17, 15) is 23.6 Å². The van der Waals surface area contributed by atoms with E-state index < -0.39 is 17.6 Å². The number of anilines is 2. The summed E-state index contributed by atoms with van der Waals surface area (Å²) in [5, 5.41) is 29.8. The number of hydrogen-bond acceptors (Lipinski definition) is 11. The number of carbonyl (C=O) groups is 2. The van der Waals surface area contributed by atoms with Crippen molar-refractivity contribution in [3.8, 4) is 12.1 Å². The summed E-state index contributed by atoms with van der Waals surface area (Å²) in [5.74, 6) is -0.987. The molecule has 6 rings (SSSR count). The molecule has 2 aromatic heterocycles. The molecule has 0 spiro atoms. The molecule has 2 aliphatic heterocycles. The minimum Gasteiger partial charge on any atom is -0.481 e. The molecule has 0 radical (unpaired) electrons. The van der Waals surface area contributed by atoms with Crippen molar-refractivity contribution in [3.05, 3.63) is 59.7 Å². The molecule has 0 bridgehead atoms. The predicted molar refractivity (Wildman–Crippen MR) is 216 cm³/mol. The minimum absolute atomic E-state index is 0.00974. The lowest BCUT2D eigenvalue weighted by molar-refractivity contribution is -0.139. The van der Waals surface area contributed by atoms with E-state index in [1.807, 2.05) is 63.5 Å². The molecule has 0 aliphatic carbocycles. The van der Waals surface area contributed by atoms with Gasteiger partial charge < -0.3 is 26.0 Å². The molecule has 2 saturated heterocycles. The fourth-order valence-electron chi connectivity index (χ4n) is 7.38. The zero-order valence-electron chi connectivity index (χ0n) is 34.1. The number of carbonyl (C=O) groups excluding carboxylic acids is 1. The predicted octanol–water partition coefficient (Wildman–Crippen LogP) is 6.73. The van der Waals surface area contributed by atoms with Gasteiger partial charge in [-0.05, 0) is 47.6 Å². The van der Waals surface area contributed by atoms with Crippen LogP contribution in [-0.2, 0) is 9.59 Å². The molecule has 304 valence electrons. The first kappa shape index (κ1) is 44.2. The summed E-state index contributed by atoms with van der Waals surface area (Å²) in [4.78, 5) is 43.2. The van der Waals surface area contributed by atoms with Gasteiger partial charge in [0.15, 0.2) is 0 Å². The zero-order valence-corrected chi connectivity index (χ0v) is 34.1. The first-order chi connectivity index (χ1) is 26.7. The number of rotatable bonds is 5. The maximum atomic E-state index is 14.9. The van der Waals surface area contributed by atoms with E-state index in [0.29, 0.717) is 65.4 Å². The fraction of sp³-hybridized carbons (Fsp3) is 0.524. The van der Waals surface area contributed by atoms with Gasteiger partial charge in [0.2, 0.25) is 5.91 Å². The Morgan fingerprint density at radius 3 is 1.56 bits per heavy atom. The van der Waals surface area contributed by atoms with E-state index in [2.05, 4.69) is 39.1 Å². The number of carboxylic acids is 1. The van der Waals surface area contributed by atoms with Crippen molar-refractivity contribution in [2.75, 3.05) is 36.0 Å². The summed E-state index contributed by atoms with van der Waals surface area (Å²) in [6.45, 7) is 18.4. The number of hydrogen-bond donors (Lipinski definition) is 3. The largest absolute Gasteiger partial charge is 0.481 e. The third-order valence-electron chi connectivity index (χ3n) is 9.31. The maximum Gasteiger partial charge on any atom is 0.303 e.